The molecular weight excluding hydrogens is 384 g/mol. The molecule has 8 nitrogen and oxygen atoms in total. The Labute approximate surface area is 161 Å². The average molecular weight is 400 g/mol. The summed E-state index contributed by atoms with van der Waals surface area (Å²) in [5.41, 5.74) is -0.117. The number of nitro benzene ring substituents is 1. The number of non-ortho nitro benzene ring substituents is 1. The van der Waals surface area contributed by atoms with Crippen LogP contribution in [-0.2, 0) is 19.6 Å². The van der Waals surface area contributed by atoms with Crippen molar-refractivity contribution in [1.82, 2.24) is 0 Å². The highest BCUT2D eigenvalue weighted by Gasteiger charge is 2.29. The van der Waals surface area contributed by atoms with E-state index in [0.717, 1.165) is 28.3 Å². The molecule has 0 aliphatic rings. The lowest BCUT2D eigenvalue weighted by molar-refractivity contribution is -0.385. The van der Waals surface area contributed by atoms with Crippen molar-refractivity contribution in [2.24, 2.45) is 0 Å². The van der Waals surface area contributed by atoms with E-state index in [4.69, 9.17) is 0 Å². The summed E-state index contributed by atoms with van der Waals surface area (Å²) in [5.74, 6) is -0.762. The van der Waals surface area contributed by atoms with Crippen LogP contribution in [0.2, 0.25) is 0 Å². The van der Waals surface area contributed by atoms with Gasteiger partial charge in [0.2, 0.25) is 0 Å². The molecule has 144 valence electrons. The molecule has 0 heterocycles. The number of hydrogen-bond acceptors (Lipinski definition) is 6. The number of anilines is 1. The van der Waals surface area contributed by atoms with E-state index in [1.165, 1.54) is 18.2 Å². The van der Waals surface area contributed by atoms with Crippen LogP contribution in [0.25, 0.3) is 10.8 Å². The lowest BCUT2D eigenvalue weighted by atomic mass is 10.1. The third-order valence-electron chi connectivity index (χ3n) is 4.14. The summed E-state index contributed by atoms with van der Waals surface area (Å²) in [6.45, 7) is -0.570. The maximum atomic E-state index is 13.2. The highest BCUT2D eigenvalue weighted by molar-refractivity contribution is 7.92. The van der Waals surface area contributed by atoms with E-state index in [-0.39, 0.29) is 16.3 Å². The number of sulfonamides is 1. The van der Waals surface area contributed by atoms with Crippen molar-refractivity contribution in [3.05, 3.63) is 76.8 Å². The van der Waals surface area contributed by atoms with Crippen molar-refractivity contribution >= 4 is 38.1 Å². The molecule has 0 N–H and O–H groups in total. The van der Waals surface area contributed by atoms with Gasteiger partial charge in [-0.05, 0) is 29.0 Å². The first-order valence-corrected chi connectivity index (χ1v) is 9.60. The number of rotatable bonds is 6. The van der Waals surface area contributed by atoms with Crippen LogP contribution in [0.3, 0.4) is 0 Å². The zero-order chi connectivity index (χ0) is 20.3. The van der Waals surface area contributed by atoms with Crippen LogP contribution in [0, 0.1) is 10.1 Å². The van der Waals surface area contributed by atoms with Crippen LogP contribution in [0.1, 0.15) is 0 Å². The Balaban J connectivity index is 2.14. The first kappa shape index (κ1) is 19.3. The Morgan fingerprint density at radius 2 is 1.75 bits per heavy atom. The van der Waals surface area contributed by atoms with Gasteiger partial charge in [-0.2, -0.15) is 0 Å². The summed E-state index contributed by atoms with van der Waals surface area (Å²) in [6.07, 6.45) is 0. The van der Waals surface area contributed by atoms with Crippen LogP contribution < -0.4 is 4.31 Å². The summed E-state index contributed by atoms with van der Waals surface area (Å²) in [5, 5.41) is 12.7. The summed E-state index contributed by atoms with van der Waals surface area (Å²) in [7, 11) is -3.10. The van der Waals surface area contributed by atoms with Gasteiger partial charge >= 0.3 is 5.97 Å². The van der Waals surface area contributed by atoms with Gasteiger partial charge in [-0.3, -0.25) is 19.2 Å². The minimum atomic E-state index is -4.26. The van der Waals surface area contributed by atoms with Gasteiger partial charge in [-0.25, -0.2) is 8.42 Å². The molecule has 0 bridgehead atoms. The van der Waals surface area contributed by atoms with E-state index in [1.54, 1.807) is 18.2 Å². The quantitative estimate of drug-likeness (QED) is 0.357. The number of methoxy groups -OCH3 is 1. The summed E-state index contributed by atoms with van der Waals surface area (Å²) >= 11 is 0. The third kappa shape index (κ3) is 3.79. The number of nitro groups is 1. The molecule has 3 rings (SSSR count). The molecule has 0 radical (unpaired) electrons. The fourth-order valence-corrected chi connectivity index (χ4v) is 4.15. The van der Waals surface area contributed by atoms with E-state index in [1.807, 2.05) is 24.3 Å². The van der Waals surface area contributed by atoms with Crippen molar-refractivity contribution in [3.8, 4) is 0 Å². The van der Waals surface area contributed by atoms with E-state index >= 15 is 0 Å². The van der Waals surface area contributed by atoms with Gasteiger partial charge in [0.25, 0.3) is 15.7 Å². The number of fused-ring (bicyclic) bond motifs is 1. The van der Waals surface area contributed by atoms with Crippen molar-refractivity contribution in [3.63, 3.8) is 0 Å². The Hall–Kier alpha value is -3.46. The molecule has 3 aromatic rings. The molecule has 0 aromatic heterocycles. The average Bonchev–Trinajstić information content (AvgIpc) is 2.71. The van der Waals surface area contributed by atoms with Crippen LogP contribution in [0.4, 0.5) is 11.4 Å². The minimum Gasteiger partial charge on any atom is -0.468 e. The Kier molecular flexibility index (Phi) is 5.27. The van der Waals surface area contributed by atoms with E-state index in [0.29, 0.717) is 0 Å². The van der Waals surface area contributed by atoms with Gasteiger partial charge in [0.1, 0.15) is 6.54 Å². The van der Waals surface area contributed by atoms with Gasteiger partial charge in [0.15, 0.2) is 0 Å². The molecular formula is C19H16N2O6S. The number of carbonyl (C=O) groups excluding carboxylic acids is 1. The number of hydrogen-bond donors (Lipinski definition) is 0. The smallest absolute Gasteiger partial charge is 0.326 e. The fraction of sp³-hybridized carbons (Fsp3) is 0.105. The highest BCUT2D eigenvalue weighted by Crippen LogP contribution is 2.28. The predicted octanol–water partition coefficient (Wildman–Crippen LogP) is 3.12. The van der Waals surface area contributed by atoms with Crippen molar-refractivity contribution < 1.29 is 22.9 Å². The highest BCUT2D eigenvalue weighted by atomic mass is 32.2. The zero-order valence-electron chi connectivity index (χ0n) is 14.8. The molecule has 0 amide bonds. The standard InChI is InChI=1S/C19H16N2O6S/c1-27-19(22)13-20(16-10-9-14-5-2-3-6-15(14)11-16)28(25,26)18-8-4-7-17(12-18)21(23)24/h2-12H,13H2,1H3. The first-order valence-electron chi connectivity index (χ1n) is 8.16. The Morgan fingerprint density at radius 1 is 1.04 bits per heavy atom. The molecule has 0 unspecified atom stereocenters. The molecule has 0 saturated carbocycles. The second-order valence-electron chi connectivity index (χ2n) is 5.87. The molecule has 3 aromatic carbocycles. The maximum Gasteiger partial charge on any atom is 0.326 e. The van der Waals surface area contributed by atoms with Crippen LogP contribution in [0.5, 0.6) is 0 Å². The van der Waals surface area contributed by atoms with E-state index in [2.05, 4.69) is 4.74 Å². The third-order valence-corrected chi connectivity index (χ3v) is 5.91. The summed E-state index contributed by atoms with van der Waals surface area (Å²) < 4.78 is 31.9. The summed E-state index contributed by atoms with van der Waals surface area (Å²) in [6, 6.07) is 17.0. The molecule has 9 heteroatoms. The fourth-order valence-electron chi connectivity index (χ4n) is 2.71. The zero-order valence-corrected chi connectivity index (χ0v) is 15.6. The number of esters is 1. The first-order chi connectivity index (χ1) is 13.3. The van der Waals surface area contributed by atoms with Crippen molar-refractivity contribution in [1.29, 1.82) is 0 Å². The largest absolute Gasteiger partial charge is 0.468 e. The molecule has 0 saturated heterocycles. The molecule has 0 aliphatic carbocycles. The maximum absolute atomic E-state index is 13.2. The second kappa shape index (κ2) is 7.65. The molecule has 0 atom stereocenters. The topological polar surface area (TPSA) is 107 Å². The number of benzene rings is 3. The van der Waals surface area contributed by atoms with Gasteiger partial charge in [0, 0.05) is 12.1 Å². The van der Waals surface area contributed by atoms with Gasteiger partial charge in [0.05, 0.1) is 22.6 Å². The van der Waals surface area contributed by atoms with Crippen LogP contribution >= 0.6 is 0 Å². The molecule has 0 aliphatic heterocycles. The lowest BCUT2D eigenvalue weighted by Crippen LogP contribution is -2.36. The van der Waals surface area contributed by atoms with Crippen molar-refractivity contribution in [2.75, 3.05) is 18.0 Å². The van der Waals surface area contributed by atoms with Crippen LogP contribution in [-0.4, -0.2) is 33.0 Å². The number of carbonyl (C=O) groups is 1. The van der Waals surface area contributed by atoms with E-state index < -0.39 is 27.5 Å². The molecule has 28 heavy (non-hydrogen) atoms. The van der Waals surface area contributed by atoms with E-state index in [9.17, 15) is 23.3 Å². The summed E-state index contributed by atoms with van der Waals surface area (Å²) in [4.78, 5) is 21.9. The Morgan fingerprint density at radius 3 is 2.43 bits per heavy atom. The van der Waals surface area contributed by atoms with Gasteiger partial charge in [-0.15, -0.1) is 0 Å². The van der Waals surface area contributed by atoms with Crippen LogP contribution in [0.15, 0.2) is 71.6 Å². The lowest BCUT2D eigenvalue weighted by Gasteiger charge is -2.23. The predicted molar refractivity (Wildman–Crippen MR) is 104 cm³/mol. The normalized spacial score (nSPS) is 11.2. The Bertz CT molecular complexity index is 1160. The van der Waals surface area contributed by atoms with Gasteiger partial charge in [-0.1, -0.05) is 36.4 Å². The SMILES string of the molecule is COC(=O)CN(c1ccc2ccccc2c1)S(=O)(=O)c1cccc([N+](=O)[O-])c1. The number of ether oxygens (including phenoxy) is 1. The van der Waals surface area contributed by atoms with Crippen molar-refractivity contribution in [2.45, 2.75) is 4.90 Å². The van der Waals surface area contributed by atoms with Gasteiger partial charge < -0.3 is 4.74 Å². The second-order valence-corrected chi connectivity index (χ2v) is 7.74. The minimum absolute atomic E-state index is 0.246. The number of nitrogens with zero attached hydrogens (tertiary/aromatic N) is 2. The molecule has 0 spiro atoms. The molecule has 0 fully saturated rings. The monoisotopic (exact) mass is 400 g/mol.